The Balaban J connectivity index is 1.12. The zero-order valence-electron chi connectivity index (χ0n) is 35.3. The number of fused-ring (bicyclic) bond motifs is 1. The van der Waals surface area contributed by atoms with Crippen molar-refractivity contribution in [3.05, 3.63) is 137 Å². The van der Waals surface area contributed by atoms with Gasteiger partial charge in [0.05, 0.1) is 23.2 Å². The largest absolute Gasteiger partial charge is 0.497 e. The summed E-state index contributed by atoms with van der Waals surface area (Å²) in [5, 5.41) is 11.5. The summed E-state index contributed by atoms with van der Waals surface area (Å²) in [6, 6.07) is 19.2. The summed E-state index contributed by atoms with van der Waals surface area (Å²) in [7, 11) is 3.74. The minimum absolute atomic E-state index is 0.0271. The maximum Gasteiger partial charge on any atom is 0.371 e. The van der Waals surface area contributed by atoms with Crippen LogP contribution in [0.5, 0.6) is 17.4 Å². The van der Waals surface area contributed by atoms with Gasteiger partial charge >= 0.3 is 5.97 Å². The van der Waals surface area contributed by atoms with E-state index in [-0.39, 0.29) is 30.0 Å². The molecular weight excluding hydrogens is 843 g/mol. The number of piperazine rings is 1. The van der Waals surface area contributed by atoms with Crippen LogP contribution < -0.4 is 14.2 Å². The molecule has 1 saturated heterocycles. The van der Waals surface area contributed by atoms with Crippen molar-refractivity contribution in [1.82, 2.24) is 29.7 Å². The van der Waals surface area contributed by atoms with Gasteiger partial charge in [-0.05, 0) is 91.7 Å². The van der Waals surface area contributed by atoms with Crippen molar-refractivity contribution >= 4 is 39.1 Å². The van der Waals surface area contributed by atoms with Crippen molar-refractivity contribution < 1.29 is 33.2 Å². The SMILES string of the molecule is COc1ccc(-c2nccc(COC3=C(/C=C(/Oc4ncnc5sc(-c6ccc(F)cc6)c(-c6ccc(OCCN7CCN(C)CC7)c(Cl)c6C)c45)C(=O)O)C=CCC3C)n2)cc1. The number of hydrogen-bond donors (Lipinski definition) is 1. The molecule has 1 atom stereocenters. The highest BCUT2D eigenvalue weighted by Crippen LogP contribution is 2.49. The average Bonchev–Trinajstić information content (AvgIpc) is 3.68. The normalized spacial score (nSPS) is 16.1. The summed E-state index contributed by atoms with van der Waals surface area (Å²) < 4.78 is 38.4. The molecule has 63 heavy (non-hydrogen) atoms. The standard InChI is InChI=1S/C48H46ClFN6O6S/c1-29-6-5-7-33(43(29)61-27-35-18-19-51-45(54-35)32-10-14-36(59-4)15-11-32)26-39(48(57)58)62-46-41-40(44(63-47(41)53-28-52-46)31-8-12-34(50)13-9-31)37-16-17-38(42(49)30(37)2)60-25-24-56-22-20-55(3)21-23-56/h5,7-19,26,28-29H,6,20-25,27H2,1-4H3,(H,57,58)/b39-26+. The first kappa shape index (κ1) is 43.5. The number of nitrogens with zero attached hydrogens (tertiary/aromatic N) is 6. The molecule has 6 aromatic rings. The lowest BCUT2D eigenvalue weighted by atomic mass is 9.95. The summed E-state index contributed by atoms with van der Waals surface area (Å²) in [4.78, 5) is 37.2. The van der Waals surface area contributed by atoms with Gasteiger partial charge in [0, 0.05) is 66.4 Å². The number of carboxylic acids is 1. The number of ether oxygens (including phenoxy) is 4. The Bertz CT molecular complexity index is 2720. The third-order valence-electron chi connectivity index (χ3n) is 11.1. The first-order chi connectivity index (χ1) is 30.6. The zero-order chi connectivity index (χ0) is 44.0. The number of methoxy groups -OCH3 is 1. The fraction of sp³-hybridized carbons (Fsp3) is 0.271. The molecule has 0 radical (unpaired) electrons. The predicted molar refractivity (Wildman–Crippen MR) is 243 cm³/mol. The maximum absolute atomic E-state index is 14.2. The number of hydrogen-bond acceptors (Lipinski definition) is 12. The van der Waals surface area contributed by atoms with E-state index in [1.807, 2.05) is 62.4 Å². The lowest BCUT2D eigenvalue weighted by Crippen LogP contribution is -2.45. The van der Waals surface area contributed by atoms with E-state index < -0.39 is 5.97 Å². The Kier molecular flexibility index (Phi) is 13.4. The number of carbonyl (C=O) groups is 1. The fourth-order valence-electron chi connectivity index (χ4n) is 7.55. The van der Waals surface area contributed by atoms with E-state index in [1.165, 1.54) is 35.9 Å². The molecule has 1 aliphatic heterocycles. The smallest absolute Gasteiger partial charge is 0.371 e. The summed E-state index contributed by atoms with van der Waals surface area (Å²) in [5.74, 6) is 0.292. The van der Waals surface area contributed by atoms with Crippen molar-refractivity contribution in [2.75, 3.05) is 53.5 Å². The third kappa shape index (κ3) is 9.89. The monoisotopic (exact) mass is 888 g/mol. The molecule has 1 unspecified atom stereocenters. The average molecular weight is 889 g/mol. The number of thiophene rings is 1. The number of likely N-dealkylation sites (N-methyl/N-ethyl adjacent to an activating group) is 1. The Morgan fingerprint density at radius 3 is 2.49 bits per heavy atom. The van der Waals surface area contributed by atoms with E-state index >= 15 is 0 Å². The number of aliphatic carboxylic acids is 1. The van der Waals surface area contributed by atoms with Crippen LogP contribution in [0.4, 0.5) is 4.39 Å². The van der Waals surface area contributed by atoms with Crippen LogP contribution in [0.1, 0.15) is 24.6 Å². The molecule has 0 bridgehead atoms. The van der Waals surface area contributed by atoms with Crippen molar-refractivity contribution in [3.8, 4) is 50.3 Å². The molecule has 1 fully saturated rings. The highest BCUT2D eigenvalue weighted by molar-refractivity contribution is 7.22. The molecule has 1 aliphatic carbocycles. The lowest BCUT2D eigenvalue weighted by Gasteiger charge is -2.32. The van der Waals surface area contributed by atoms with Gasteiger partial charge in [-0.1, -0.05) is 48.9 Å². The second-order valence-electron chi connectivity index (χ2n) is 15.4. The minimum atomic E-state index is -1.31. The quantitative estimate of drug-likeness (QED) is 0.0778. The molecule has 324 valence electrons. The van der Waals surface area contributed by atoms with Crippen LogP contribution in [0.25, 0.3) is 43.2 Å². The molecule has 8 rings (SSSR count). The van der Waals surface area contributed by atoms with E-state index in [4.69, 9.17) is 35.5 Å². The molecule has 12 nitrogen and oxygen atoms in total. The van der Waals surface area contributed by atoms with Crippen molar-refractivity contribution in [2.24, 2.45) is 5.92 Å². The maximum atomic E-state index is 14.2. The number of rotatable bonds is 15. The van der Waals surface area contributed by atoms with Crippen LogP contribution in [-0.2, 0) is 16.1 Å². The second kappa shape index (κ2) is 19.5. The van der Waals surface area contributed by atoms with Gasteiger partial charge in [-0.3, -0.25) is 4.90 Å². The Morgan fingerprint density at radius 1 is 0.984 bits per heavy atom. The van der Waals surface area contributed by atoms with Crippen LogP contribution in [0, 0.1) is 18.7 Å². The number of halogens is 2. The van der Waals surface area contributed by atoms with Crippen molar-refractivity contribution in [3.63, 3.8) is 0 Å². The molecule has 4 heterocycles. The fourth-order valence-corrected chi connectivity index (χ4v) is 8.92. The molecule has 0 spiro atoms. The van der Waals surface area contributed by atoms with Crippen molar-refractivity contribution in [1.29, 1.82) is 0 Å². The van der Waals surface area contributed by atoms with Crippen LogP contribution in [-0.4, -0.2) is 94.3 Å². The van der Waals surface area contributed by atoms with Gasteiger partial charge < -0.3 is 29.0 Å². The van der Waals surface area contributed by atoms with E-state index in [9.17, 15) is 14.3 Å². The Hall–Kier alpha value is -6.19. The van der Waals surface area contributed by atoms with E-state index in [0.717, 1.165) is 65.6 Å². The van der Waals surface area contributed by atoms with Gasteiger partial charge in [0.2, 0.25) is 11.6 Å². The van der Waals surface area contributed by atoms with Crippen LogP contribution >= 0.6 is 22.9 Å². The zero-order valence-corrected chi connectivity index (χ0v) is 36.9. The third-order valence-corrected chi connectivity index (χ3v) is 12.7. The Labute approximate surface area is 373 Å². The Morgan fingerprint density at radius 2 is 1.75 bits per heavy atom. The van der Waals surface area contributed by atoms with Crippen LogP contribution in [0.3, 0.4) is 0 Å². The molecule has 0 amide bonds. The number of carboxylic acid groups (broad SMARTS) is 1. The summed E-state index contributed by atoms with van der Waals surface area (Å²) in [5.41, 5.74) is 4.86. The topological polar surface area (TPSA) is 132 Å². The highest BCUT2D eigenvalue weighted by atomic mass is 35.5. The highest BCUT2D eigenvalue weighted by Gasteiger charge is 2.27. The first-order valence-electron chi connectivity index (χ1n) is 20.6. The summed E-state index contributed by atoms with van der Waals surface area (Å²) in [6.45, 7) is 9.28. The van der Waals surface area contributed by atoms with Crippen LogP contribution in [0.2, 0.25) is 5.02 Å². The minimum Gasteiger partial charge on any atom is -0.497 e. The summed E-state index contributed by atoms with van der Waals surface area (Å²) in [6.07, 6.45) is 8.94. The molecule has 0 saturated carbocycles. The number of allylic oxidation sites excluding steroid dienone is 5. The molecule has 3 aromatic heterocycles. The van der Waals surface area contributed by atoms with E-state index in [2.05, 4.69) is 31.8 Å². The van der Waals surface area contributed by atoms with Gasteiger partial charge in [0.1, 0.15) is 47.4 Å². The lowest BCUT2D eigenvalue weighted by molar-refractivity contribution is -0.135. The van der Waals surface area contributed by atoms with Gasteiger partial charge in [-0.2, -0.15) is 0 Å². The second-order valence-corrected chi connectivity index (χ2v) is 16.8. The molecule has 15 heteroatoms. The van der Waals surface area contributed by atoms with E-state index in [1.54, 1.807) is 31.5 Å². The first-order valence-corrected chi connectivity index (χ1v) is 21.7. The molecular formula is C48H46ClFN6O6S. The number of aromatic nitrogens is 4. The van der Waals surface area contributed by atoms with E-state index in [0.29, 0.717) is 62.4 Å². The van der Waals surface area contributed by atoms with Crippen LogP contribution in [0.15, 0.2) is 115 Å². The molecule has 3 aromatic carbocycles. The van der Waals surface area contributed by atoms with Gasteiger partial charge in [-0.25, -0.2) is 29.1 Å². The van der Waals surface area contributed by atoms with Gasteiger partial charge in [-0.15, -0.1) is 11.3 Å². The number of benzene rings is 3. The van der Waals surface area contributed by atoms with Gasteiger partial charge in [0.15, 0.2) is 5.82 Å². The van der Waals surface area contributed by atoms with Crippen molar-refractivity contribution in [2.45, 2.75) is 26.9 Å². The van der Waals surface area contributed by atoms with Gasteiger partial charge in [0.25, 0.3) is 0 Å². The summed E-state index contributed by atoms with van der Waals surface area (Å²) >= 11 is 8.42. The molecule has 2 aliphatic rings. The predicted octanol–water partition coefficient (Wildman–Crippen LogP) is 9.63. The molecule has 1 N–H and O–H groups in total.